The first-order chi connectivity index (χ1) is 9.24. The number of hydrogen-bond acceptors (Lipinski definition) is 4. The third-order valence-electron chi connectivity index (χ3n) is 3.57. The Morgan fingerprint density at radius 2 is 2.26 bits per heavy atom. The summed E-state index contributed by atoms with van der Waals surface area (Å²) in [5.74, 6) is -0.0598. The van der Waals surface area contributed by atoms with Crippen molar-refractivity contribution in [2.45, 2.75) is 0 Å². The lowest BCUT2D eigenvalue weighted by Crippen LogP contribution is -2.23. The fraction of sp³-hybridized carbons (Fsp3) is 0.143. The molecular formula is C14H10N2OS2. The summed E-state index contributed by atoms with van der Waals surface area (Å²) in [6.07, 6.45) is 4.31. The van der Waals surface area contributed by atoms with Crippen LogP contribution in [0.2, 0.25) is 0 Å². The Kier molecular flexibility index (Phi) is 2.34. The molecule has 3 heterocycles. The standard InChI is InChI=1S/C14H10N2OS2/c17-13-12(19-14(18)15-13)10-7-16-6-2-4-8-3-1-5-9(10)11(8)16/h1-5H,6-7H2,(H,15,17,18). The quantitative estimate of drug-likeness (QED) is 0.586. The van der Waals surface area contributed by atoms with E-state index in [1.54, 1.807) is 0 Å². The number of carbonyl (C=O) groups is 1. The number of rotatable bonds is 0. The van der Waals surface area contributed by atoms with E-state index in [0.29, 0.717) is 4.32 Å². The minimum Gasteiger partial charge on any atom is -0.362 e. The zero-order valence-electron chi connectivity index (χ0n) is 9.97. The molecule has 0 radical (unpaired) electrons. The highest BCUT2D eigenvalue weighted by molar-refractivity contribution is 8.26. The maximum atomic E-state index is 12.0. The number of benzene rings is 1. The highest BCUT2D eigenvalue weighted by Gasteiger charge is 2.33. The van der Waals surface area contributed by atoms with Crippen LogP contribution in [0.15, 0.2) is 29.2 Å². The smallest absolute Gasteiger partial charge is 0.263 e. The van der Waals surface area contributed by atoms with Gasteiger partial charge in [0.1, 0.15) is 4.32 Å². The maximum absolute atomic E-state index is 12.0. The lowest BCUT2D eigenvalue weighted by Gasteiger charge is -2.22. The second-order valence-electron chi connectivity index (χ2n) is 4.68. The Morgan fingerprint density at radius 1 is 1.37 bits per heavy atom. The minimum atomic E-state index is -0.0598. The van der Waals surface area contributed by atoms with E-state index in [2.05, 4.69) is 34.5 Å². The first kappa shape index (κ1) is 11.3. The number of thioether (sulfide) groups is 1. The molecule has 1 aromatic rings. The van der Waals surface area contributed by atoms with E-state index in [1.165, 1.54) is 28.6 Å². The Hall–Kier alpha value is -1.59. The first-order valence-electron chi connectivity index (χ1n) is 6.05. The third kappa shape index (κ3) is 1.58. The van der Waals surface area contributed by atoms with E-state index in [4.69, 9.17) is 12.2 Å². The van der Waals surface area contributed by atoms with E-state index in [1.807, 2.05) is 6.07 Å². The fourth-order valence-electron chi connectivity index (χ4n) is 2.82. The summed E-state index contributed by atoms with van der Waals surface area (Å²) < 4.78 is 0.552. The second-order valence-corrected chi connectivity index (χ2v) is 6.36. The van der Waals surface area contributed by atoms with Crippen LogP contribution < -0.4 is 10.2 Å². The molecule has 1 fully saturated rings. The normalized spacial score (nSPS) is 23.9. The van der Waals surface area contributed by atoms with E-state index < -0.39 is 0 Å². The predicted molar refractivity (Wildman–Crippen MR) is 82.9 cm³/mol. The molecule has 1 saturated heterocycles. The molecule has 19 heavy (non-hydrogen) atoms. The Morgan fingerprint density at radius 3 is 3.05 bits per heavy atom. The molecule has 0 unspecified atom stereocenters. The molecule has 4 rings (SSSR count). The van der Waals surface area contributed by atoms with Gasteiger partial charge in [0, 0.05) is 24.2 Å². The zero-order chi connectivity index (χ0) is 13.0. The topological polar surface area (TPSA) is 32.3 Å². The van der Waals surface area contributed by atoms with E-state index >= 15 is 0 Å². The van der Waals surface area contributed by atoms with Crippen molar-refractivity contribution >= 4 is 51.5 Å². The van der Waals surface area contributed by atoms with Crippen LogP contribution in [0.5, 0.6) is 0 Å². The number of nitrogens with one attached hydrogen (secondary N) is 1. The number of hydrogen-bond donors (Lipinski definition) is 1. The summed E-state index contributed by atoms with van der Waals surface area (Å²) >= 11 is 6.45. The van der Waals surface area contributed by atoms with Gasteiger partial charge in [-0.2, -0.15) is 0 Å². The van der Waals surface area contributed by atoms with Gasteiger partial charge in [0.2, 0.25) is 0 Å². The van der Waals surface area contributed by atoms with Crippen molar-refractivity contribution in [1.82, 2.24) is 5.32 Å². The molecule has 0 atom stereocenters. The molecule has 0 spiro atoms. The number of carbonyl (C=O) groups excluding carboxylic acids is 1. The van der Waals surface area contributed by atoms with E-state index in [9.17, 15) is 4.79 Å². The molecule has 0 aromatic heterocycles. The zero-order valence-corrected chi connectivity index (χ0v) is 11.6. The lowest BCUT2D eigenvalue weighted by atomic mass is 10.0. The summed E-state index contributed by atoms with van der Waals surface area (Å²) in [4.78, 5) is 15.0. The number of anilines is 1. The van der Waals surface area contributed by atoms with Crippen LogP contribution in [0.3, 0.4) is 0 Å². The van der Waals surface area contributed by atoms with Crippen molar-refractivity contribution in [2.24, 2.45) is 0 Å². The molecule has 94 valence electrons. The van der Waals surface area contributed by atoms with Crippen molar-refractivity contribution in [1.29, 1.82) is 0 Å². The SMILES string of the molecule is O=C1NC(=S)SC1=C1CN2CC=Cc3cccc1c32. The van der Waals surface area contributed by atoms with Gasteiger partial charge in [-0.15, -0.1) is 0 Å². The fourth-order valence-corrected chi connectivity index (χ4v) is 3.93. The highest BCUT2D eigenvalue weighted by atomic mass is 32.2. The summed E-state index contributed by atoms with van der Waals surface area (Å²) in [5, 5.41) is 2.70. The molecule has 0 aliphatic carbocycles. The van der Waals surface area contributed by atoms with Crippen molar-refractivity contribution in [3.63, 3.8) is 0 Å². The summed E-state index contributed by atoms with van der Waals surface area (Å²) in [6.45, 7) is 1.69. The van der Waals surface area contributed by atoms with Crippen LogP contribution in [0.4, 0.5) is 5.69 Å². The average Bonchev–Trinajstić information content (AvgIpc) is 2.93. The van der Waals surface area contributed by atoms with Gasteiger partial charge in [-0.05, 0) is 5.56 Å². The third-order valence-corrected chi connectivity index (χ3v) is 4.85. The van der Waals surface area contributed by atoms with E-state index in [0.717, 1.165) is 23.6 Å². The van der Waals surface area contributed by atoms with Gasteiger partial charge in [-0.1, -0.05) is 54.3 Å². The maximum Gasteiger partial charge on any atom is 0.263 e. The first-order valence-corrected chi connectivity index (χ1v) is 7.28. The molecule has 3 aliphatic rings. The van der Waals surface area contributed by atoms with E-state index in [-0.39, 0.29) is 5.91 Å². The summed E-state index contributed by atoms with van der Waals surface area (Å²) in [5.41, 5.74) is 4.75. The summed E-state index contributed by atoms with van der Waals surface area (Å²) in [6, 6.07) is 6.25. The number of amides is 1. The van der Waals surface area contributed by atoms with Crippen LogP contribution in [-0.2, 0) is 4.79 Å². The van der Waals surface area contributed by atoms with Gasteiger partial charge in [-0.25, -0.2) is 0 Å². The van der Waals surface area contributed by atoms with Crippen molar-refractivity contribution < 1.29 is 4.79 Å². The molecule has 0 saturated carbocycles. The van der Waals surface area contributed by atoms with Crippen molar-refractivity contribution in [3.8, 4) is 0 Å². The Labute approximate surface area is 120 Å². The molecule has 3 aliphatic heterocycles. The number of nitrogens with zero attached hydrogens (tertiary/aromatic N) is 1. The average molecular weight is 286 g/mol. The molecule has 1 aromatic carbocycles. The molecule has 1 amide bonds. The van der Waals surface area contributed by atoms with Gasteiger partial charge in [0.15, 0.2) is 0 Å². The van der Waals surface area contributed by atoms with Gasteiger partial charge in [0.05, 0.1) is 10.6 Å². The molecule has 0 bridgehead atoms. The molecule has 5 heteroatoms. The van der Waals surface area contributed by atoms with Crippen LogP contribution in [0.25, 0.3) is 11.6 Å². The van der Waals surface area contributed by atoms with Crippen molar-refractivity contribution in [3.05, 3.63) is 40.3 Å². The van der Waals surface area contributed by atoms with Gasteiger partial charge in [-0.3, -0.25) is 4.79 Å². The molecule has 3 nitrogen and oxygen atoms in total. The van der Waals surface area contributed by atoms with Gasteiger partial charge >= 0.3 is 0 Å². The highest BCUT2D eigenvalue weighted by Crippen LogP contribution is 2.44. The largest absolute Gasteiger partial charge is 0.362 e. The van der Waals surface area contributed by atoms with Gasteiger partial charge in [0.25, 0.3) is 5.91 Å². The minimum absolute atomic E-state index is 0.0598. The Balaban J connectivity index is 1.94. The Bertz CT molecular complexity index is 691. The number of thiocarbonyl (C=S) groups is 1. The lowest BCUT2D eigenvalue weighted by molar-refractivity contribution is -0.115. The molecule has 1 N–H and O–H groups in total. The van der Waals surface area contributed by atoms with Crippen molar-refractivity contribution in [2.75, 3.05) is 18.0 Å². The predicted octanol–water partition coefficient (Wildman–Crippen LogP) is 2.39. The number of para-hydroxylation sites is 1. The van der Waals surface area contributed by atoms with Crippen LogP contribution in [-0.4, -0.2) is 23.3 Å². The summed E-state index contributed by atoms with van der Waals surface area (Å²) in [7, 11) is 0. The van der Waals surface area contributed by atoms with Crippen LogP contribution in [0, 0.1) is 0 Å². The molecular weight excluding hydrogens is 276 g/mol. The second kappa shape index (κ2) is 3.95. The van der Waals surface area contributed by atoms with Crippen LogP contribution >= 0.6 is 24.0 Å². The van der Waals surface area contributed by atoms with Crippen LogP contribution in [0.1, 0.15) is 11.1 Å². The van der Waals surface area contributed by atoms with Gasteiger partial charge < -0.3 is 10.2 Å². The monoisotopic (exact) mass is 286 g/mol.